The first kappa shape index (κ1) is 23.4. The Kier molecular flexibility index (Phi) is 7.48. The number of halogens is 1. The maximum absolute atomic E-state index is 14.6. The molecule has 1 aliphatic rings. The number of methoxy groups -OCH3 is 1. The molecule has 0 unspecified atom stereocenters. The highest BCUT2D eigenvalue weighted by molar-refractivity contribution is 5.90. The zero-order chi connectivity index (χ0) is 23.9. The fraction of sp³-hybridized carbons (Fsp3) is 0.333. The molecule has 0 radical (unpaired) electrons. The Bertz CT molecular complexity index is 1170. The summed E-state index contributed by atoms with van der Waals surface area (Å²) in [6.45, 7) is 1.94. The van der Waals surface area contributed by atoms with Crippen molar-refractivity contribution in [3.05, 3.63) is 65.6 Å². The van der Waals surface area contributed by atoms with E-state index in [1.165, 1.54) is 13.3 Å². The van der Waals surface area contributed by atoms with Gasteiger partial charge in [-0.25, -0.2) is 14.2 Å². The van der Waals surface area contributed by atoms with Gasteiger partial charge in [0.2, 0.25) is 5.88 Å². The Balaban J connectivity index is 1.32. The Hall–Kier alpha value is -3.79. The fourth-order valence-electron chi connectivity index (χ4n) is 3.99. The van der Waals surface area contributed by atoms with E-state index >= 15 is 0 Å². The number of benzene rings is 1. The SMILES string of the molecule is COc1ccc2ncc(F)c(CCN3C/C(=N/O)[C@H](CNC(=O)OCc4ccccc4)C3)c2n1. The molecule has 1 amide bonds. The van der Waals surface area contributed by atoms with Crippen LogP contribution in [0.5, 0.6) is 5.88 Å². The van der Waals surface area contributed by atoms with Gasteiger partial charge in [0.25, 0.3) is 0 Å². The summed E-state index contributed by atoms with van der Waals surface area (Å²) in [7, 11) is 1.51. The molecule has 3 heterocycles. The Morgan fingerprint density at radius 2 is 2.12 bits per heavy atom. The predicted molar refractivity (Wildman–Crippen MR) is 124 cm³/mol. The van der Waals surface area contributed by atoms with Crippen molar-refractivity contribution in [3.63, 3.8) is 0 Å². The number of likely N-dealkylation sites (tertiary alicyclic amines) is 1. The van der Waals surface area contributed by atoms with Gasteiger partial charge in [-0.2, -0.15) is 0 Å². The number of carbonyl (C=O) groups is 1. The van der Waals surface area contributed by atoms with Crippen molar-refractivity contribution >= 4 is 22.8 Å². The average molecular weight is 468 g/mol. The van der Waals surface area contributed by atoms with Crippen LogP contribution in [-0.2, 0) is 17.8 Å². The lowest BCUT2D eigenvalue weighted by molar-refractivity contribution is 0.138. The zero-order valence-electron chi connectivity index (χ0n) is 18.8. The summed E-state index contributed by atoms with van der Waals surface area (Å²) < 4.78 is 25.0. The second-order valence-electron chi connectivity index (χ2n) is 8.02. The minimum Gasteiger partial charge on any atom is -0.481 e. The molecule has 1 aliphatic heterocycles. The predicted octanol–water partition coefficient (Wildman–Crippen LogP) is 3.01. The second kappa shape index (κ2) is 10.9. The average Bonchev–Trinajstić information content (AvgIpc) is 3.28. The molecule has 1 saturated heterocycles. The van der Waals surface area contributed by atoms with E-state index in [4.69, 9.17) is 9.47 Å². The van der Waals surface area contributed by atoms with Crippen LogP contribution >= 0.6 is 0 Å². The van der Waals surface area contributed by atoms with E-state index in [1.807, 2.05) is 35.2 Å². The molecule has 4 rings (SSSR count). The highest BCUT2D eigenvalue weighted by Gasteiger charge is 2.30. The molecule has 0 spiro atoms. The third kappa shape index (κ3) is 5.57. The van der Waals surface area contributed by atoms with Crippen LogP contribution in [0, 0.1) is 11.7 Å². The van der Waals surface area contributed by atoms with E-state index in [1.54, 1.807) is 12.1 Å². The lowest BCUT2D eigenvalue weighted by atomic mass is 10.1. The molecular weight excluding hydrogens is 441 g/mol. The van der Waals surface area contributed by atoms with Gasteiger partial charge in [-0.05, 0) is 18.1 Å². The van der Waals surface area contributed by atoms with Crippen molar-refractivity contribution in [2.75, 3.05) is 33.3 Å². The van der Waals surface area contributed by atoms with Crippen LogP contribution in [0.25, 0.3) is 11.0 Å². The van der Waals surface area contributed by atoms with Crippen LogP contribution in [0.4, 0.5) is 9.18 Å². The van der Waals surface area contributed by atoms with Gasteiger partial charge >= 0.3 is 6.09 Å². The van der Waals surface area contributed by atoms with Gasteiger partial charge in [-0.3, -0.25) is 9.88 Å². The van der Waals surface area contributed by atoms with Crippen molar-refractivity contribution < 1.29 is 23.9 Å². The van der Waals surface area contributed by atoms with Gasteiger partial charge in [0, 0.05) is 43.7 Å². The molecule has 1 atom stereocenters. The van der Waals surface area contributed by atoms with Crippen LogP contribution in [0.3, 0.4) is 0 Å². The first-order valence-corrected chi connectivity index (χ1v) is 10.9. The maximum Gasteiger partial charge on any atom is 0.407 e. The molecule has 2 aromatic heterocycles. The summed E-state index contributed by atoms with van der Waals surface area (Å²) in [6.07, 6.45) is 1.05. The monoisotopic (exact) mass is 467 g/mol. The van der Waals surface area contributed by atoms with E-state index in [9.17, 15) is 14.4 Å². The van der Waals surface area contributed by atoms with Gasteiger partial charge in [0.15, 0.2) is 0 Å². The summed E-state index contributed by atoms with van der Waals surface area (Å²) in [5.74, 6) is -0.211. The molecule has 9 nitrogen and oxygen atoms in total. The van der Waals surface area contributed by atoms with E-state index in [-0.39, 0.29) is 19.1 Å². The smallest absolute Gasteiger partial charge is 0.407 e. The van der Waals surface area contributed by atoms with E-state index in [2.05, 4.69) is 20.4 Å². The highest BCUT2D eigenvalue weighted by Crippen LogP contribution is 2.22. The number of amides is 1. The van der Waals surface area contributed by atoms with Crippen molar-refractivity contribution in [1.82, 2.24) is 20.2 Å². The number of carbonyl (C=O) groups excluding carboxylic acids is 1. The molecule has 0 saturated carbocycles. The van der Waals surface area contributed by atoms with Gasteiger partial charge in [0.05, 0.1) is 30.1 Å². The molecule has 3 aromatic rings. The molecule has 2 N–H and O–H groups in total. The number of pyridine rings is 2. The lowest BCUT2D eigenvalue weighted by Gasteiger charge is -2.16. The second-order valence-corrected chi connectivity index (χ2v) is 8.02. The first-order chi connectivity index (χ1) is 16.6. The van der Waals surface area contributed by atoms with Crippen LogP contribution in [0.15, 0.2) is 53.8 Å². The summed E-state index contributed by atoms with van der Waals surface area (Å²) >= 11 is 0. The number of nitrogens with one attached hydrogen (secondary N) is 1. The number of ether oxygens (including phenoxy) is 2. The van der Waals surface area contributed by atoms with Gasteiger partial charge < -0.3 is 20.0 Å². The Morgan fingerprint density at radius 1 is 1.29 bits per heavy atom. The number of alkyl carbamates (subject to hydrolysis) is 1. The Labute approximate surface area is 196 Å². The largest absolute Gasteiger partial charge is 0.481 e. The number of hydrogen-bond donors (Lipinski definition) is 2. The number of oxime groups is 1. The molecule has 1 aromatic carbocycles. The van der Waals surface area contributed by atoms with Crippen LogP contribution < -0.4 is 10.1 Å². The normalized spacial score (nSPS) is 17.2. The number of fused-ring (bicyclic) bond motifs is 1. The van der Waals surface area contributed by atoms with Crippen LogP contribution in [0.1, 0.15) is 11.1 Å². The van der Waals surface area contributed by atoms with Crippen molar-refractivity contribution in [2.45, 2.75) is 13.0 Å². The fourth-order valence-corrected chi connectivity index (χ4v) is 3.99. The number of hydrogen-bond acceptors (Lipinski definition) is 8. The number of rotatable bonds is 8. The topological polar surface area (TPSA) is 109 Å². The van der Waals surface area contributed by atoms with E-state index in [0.29, 0.717) is 54.2 Å². The number of aromatic nitrogens is 2. The minimum absolute atomic E-state index is 0.175. The van der Waals surface area contributed by atoms with E-state index in [0.717, 1.165) is 5.56 Å². The standard InChI is InChI=1S/C24H26FN5O4/c1-33-22-8-7-20-23(28-22)18(19(25)12-26-20)9-10-30-13-17(21(14-30)29-32)11-27-24(31)34-15-16-5-3-2-4-6-16/h2-8,12,17,32H,9-11,13-15H2,1H3,(H,27,31)/b29-21-/t17-/m1/s1. The molecule has 1 fully saturated rings. The molecule has 34 heavy (non-hydrogen) atoms. The van der Waals surface area contributed by atoms with E-state index < -0.39 is 11.9 Å². The number of nitrogens with zero attached hydrogens (tertiary/aromatic N) is 4. The highest BCUT2D eigenvalue weighted by atomic mass is 19.1. The third-order valence-electron chi connectivity index (χ3n) is 5.80. The van der Waals surface area contributed by atoms with Crippen molar-refractivity contribution in [2.24, 2.45) is 11.1 Å². The van der Waals surface area contributed by atoms with Gasteiger partial charge in [-0.15, -0.1) is 0 Å². The zero-order valence-corrected chi connectivity index (χ0v) is 18.8. The third-order valence-corrected chi connectivity index (χ3v) is 5.80. The molecular formula is C24H26FN5O4. The molecule has 178 valence electrons. The summed E-state index contributed by atoms with van der Waals surface area (Å²) in [5, 5.41) is 15.6. The van der Waals surface area contributed by atoms with Crippen LogP contribution in [-0.4, -0.2) is 65.2 Å². The van der Waals surface area contributed by atoms with Gasteiger partial charge in [-0.1, -0.05) is 35.5 Å². The summed E-state index contributed by atoms with van der Waals surface area (Å²) in [4.78, 5) is 22.6. The van der Waals surface area contributed by atoms with Crippen molar-refractivity contribution in [1.29, 1.82) is 0 Å². The quantitative estimate of drug-likeness (QED) is 0.387. The lowest BCUT2D eigenvalue weighted by Crippen LogP contribution is -2.33. The van der Waals surface area contributed by atoms with Gasteiger partial charge in [0.1, 0.15) is 12.4 Å². The Morgan fingerprint density at radius 3 is 2.88 bits per heavy atom. The molecule has 0 bridgehead atoms. The van der Waals surface area contributed by atoms with Crippen LogP contribution in [0.2, 0.25) is 0 Å². The molecule has 0 aliphatic carbocycles. The minimum atomic E-state index is -0.537. The summed E-state index contributed by atoms with van der Waals surface area (Å²) in [5.41, 5.74) is 2.97. The summed E-state index contributed by atoms with van der Waals surface area (Å²) in [6, 6.07) is 12.8. The first-order valence-electron chi connectivity index (χ1n) is 10.9. The van der Waals surface area contributed by atoms with Crippen molar-refractivity contribution in [3.8, 4) is 5.88 Å². The molecule has 10 heteroatoms. The maximum atomic E-state index is 14.6.